The summed E-state index contributed by atoms with van der Waals surface area (Å²) in [5.74, 6) is 0.788. The molecule has 0 spiro atoms. The average molecular weight is 348 g/mol. The van der Waals surface area contributed by atoms with Gasteiger partial charge in [0.15, 0.2) is 0 Å². The van der Waals surface area contributed by atoms with E-state index in [1.165, 1.54) is 6.33 Å². The molecule has 0 radical (unpaired) electrons. The van der Waals surface area contributed by atoms with Gasteiger partial charge in [0, 0.05) is 12.1 Å². The minimum absolute atomic E-state index is 0.249. The first kappa shape index (κ1) is 17.4. The minimum Gasteiger partial charge on any atom is -0.497 e. The number of ether oxygens (including phenoxy) is 1. The van der Waals surface area contributed by atoms with E-state index in [9.17, 15) is 4.79 Å². The number of amides is 2. The number of methoxy groups -OCH3 is 1. The van der Waals surface area contributed by atoms with Gasteiger partial charge in [-0.1, -0.05) is 42.5 Å². The van der Waals surface area contributed by atoms with Gasteiger partial charge in [-0.2, -0.15) is 0 Å². The lowest BCUT2D eigenvalue weighted by molar-refractivity contribution is 0.240. The van der Waals surface area contributed by atoms with Crippen LogP contribution < -0.4 is 15.4 Å². The Morgan fingerprint density at radius 2 is 1.69 bits per heavy atom. The van der Waals surface area contributed by atoms with Gasteiger partial charge >= 0.3 is 6.03 Å². The number of nitrogens with one attached hydrogen (secondary N) is 2. The van der Waals surface area contributed by atoms with Crippen LogP contribution in [0.2, 0.25) is 0 Å². The molecular formula is C20H20N4O2. The number of benzene rings is 2. The molecule has 6 nitrogen and oxygen atoms in total. The Bertz CT molecular complexity index is 851. The maximum atomic E-state index is 12.0. The molecule has 0 aliphatic heterocycles. The Morgan fingerprint density at radius 3 is 2.42 bits per heavy atom. The van der Waals surface area contributed by atoms with Crippen LogP contribution in [-0.4, -0.2) is 23.1 Å². The highest BCUT2D eigenvalue weighted by Gasteiger charge is 2.04. The fourth-order valence-electron chi connectivity index (χ4n) is 2.42. The average Bonchev–Trinajstić information content (AvgIpc) is 2.72. The third kappa shape index (κ3) is 4.80. The van der Waals surface area contributed by atoms with Crippen LogP contribution in [0.4, 0.5) is 4.79 Å². The van der Waals surface area contributed by atoms with Crippen LogP contribution in [0.1, 0.15) is 11.3 Å². The van der Waals surface area contributed by atoms with E-state index in [4.69, 9.17) is 4.74 Å². The first-order chi connectivity index (χ1) is 12.7. The van der Waals surface area contributed by atoms with Crippen molar-refractivity contribution in [1.82, 2.24) is 20.6 Å². The number of hydrogen-bond acceptors (Lipinski definition) is 4. The topological polar surface area (TPSA) is 76.1 Å². The van der Waals surface area contributed by atoms with Crippen molar-refractivity contribution in [3.63, 3.8) is 0 Å². The Balaban J connectivity index is 1.51. The van der Waals surface area contributed by atoms with Crippen LogP contribution >= 0.6 is 0 Å². The van der Waals surface area contributed by atoms with E-state index in [1.807, 2.05) is 60.7 Å². The van der Waals surface area contributed by atoms with E-state index in [0.717, 1.165) is 28.3 Å². The predicted octanol–water partition coefficient (Wildman–Crippen LogP) is 3.15. The minimum atomic E-state index is -0.249. The summed E-state index contributed by atoms with van der Waals surface area (Å²) in [5, 5.41) is 5.62. The summed E-state index contributed by atoms with van der Waals surface area (Å²) in [6.07, 6.45) is 1.51. The Labute approximate surface area is 152 Å². The molecule has 0 bridgehead atoms. The SMILES string of the molecule is COc1ccc(CNC(=O)NCc2cc(-c3ccccc3)ncn2)cc1. The lowest BCUT2D eigenvalue weighted by atomic mass is 10.1. The molecule has 6 heteroatoms. The summed E-state index contributed by atoms with van der Waals surface area (Å²) in [6.45, 7) is 0.770. The van der Waals surface area contributed by atoms with E-state index < -0.39 is 0 Å². The molecule has 1 aromatic heterocycles. The number of urea groups is 1. The van der Waals surface area contributed by atoms with Gasteiger partial charge in [-0.25, -0.2) is 14.8 Å². The second-order valence-corrected chi connectivity index (χ2v) is 5.64. The summed E-state index contributed by atoms with van der Waals surface area (Å²) >= 11 is 0. The Morgan fingerprint density at radius 1 is 0.962 bits per heavy atom. The lowest BCUT2D eigenvalue weighted by Crippen LogP contribution is -2.34. The van der Waals surface area contributed by atoms with Gasteiger partial charge in [0.2, 0.25) is 0 Å². The zero-order valence-corrected chi connectivity index (χ0v) is 14.5. The molecule has 2 amide bonds. The van der Waals surface area contributed by atoms with Crippen molar-refractivity contribution in [2.75, 3.05) is 7.11 Å². The third-order valence-corrected chi connectivity index (χ3v) is 3.84. The molecule has 0 atom stereocenters. The quantitative estimate of drug-likeness (QED) is 0.717. The summed E-state index contributed by atoms with van der Waals surface area (Å²) in [5.41, 5.74) is 3.59. The molecule has 0 saturated carbocycles. The molecule has 0 aliphatic rings. The van der Waals surface area contributed by atoms with Gasteiger partial charge in [-0.3, -0.25) is 0 Å². The van der Waals surface area contributed by atoms with Crippen molar-refractivity contribution in [2.45, 2.75) is 13.1 Å². The van der Waals surface area contributed by atoms with Gasteiger partial charge in [0.25, 0.3) is 0 Å². The van der Waals surface area contributed by atoms with E-state index >= 15 is 0 Å². The van der Waals surface area contributed by atoms with Gasteiger partial charge in [-0.05, 0) is 23.8 Å². The number of hydrogen-bond donors (Lipinski definition) is 2. The number of carbonyl (C=O) groups is 1. The molecule has 26 heavy (non-hydrogen) atoms. The number of nitrogens with zero attached hydrogens (tertiary/aromatic N) is 2. The molecule has 3 aromatic rings. The van der Waals surface area contributed by atoms with Crippen molar-refractivity contribution in [1.29, 1.82) is 0 Å². The smallest absolute Gasteiger partial charge is 0.315 e. The van der Waals surface area contributed by atoms with Crippen LogP contribution in [0, 0.1) is 0 Å². The van der Waals surface area contributed by atoms with Crippen molar-refractivity contribution >= 4 is 6.03 Å². The highest BCUT2D eigenvalue weighted by molar-refractivity contribution is 5.73. The summed E-state index contributed by atoms with van der Waals surface area (Å²) in [6, 6.07) is 19.0. The standard InChI is InChI=1S/C20H20N4O2/c1-26-18-9-7-15(8-10-18)12-21-20(25)22-13-17-11-19(24-14-23-17)16-5-3-2-4-6-16/h2-11,14H,12-13H2,1H3,(H2,21,22,25). The van der Waals surface area contributed by atoms with E-state index in [1.54, 1.807) is 7.11 Å². The maximum absolute atomic E-state index is 12.0. The van der Waals surface area contributed by atoms with Crippen molar-refractivity contribution in [3.05, 3.63) is 78.2 Å². The van der Waals surface area contributed by atoms with Crippen LogP contribution in [0.15, 0.2) is 67.0 Å². The van der Waals surface area contributed by atoms with Crippen LogP contribution in [-0.2, 0) is 13.1 Å². The van der Waals surface area contributed by atoms with Crippen molar-refractivity contribution in [2.24, 2.45) is 0 Å². The second kappa shape index (κ2) is 8.62. The molecule has 0 unspecified atom stereocenters. The molecule has 1 heterocycles. The fourth-order valence-corrected chi connectivity index (χ4v) is 2.42. The monoisotopic (exact) mass is 348 g/mol. The van der Waals surface area contributed by atoms with Gasteiger partial charge in [0.1, 0.15) is 12.1 Å². The number of aromatic nitrogens is 2. The van der Waals surface area contributed by atoms with Crippen LogP contribution in [0.25, 0.3) is 11.3 Å². The predicted molar refractivity (Wildman–Crippen MR) is 99.5 cm³/mol. The highest BCUT2D eigenvalue weighted by Crippen LogP contribution is 2.16. The lowest BCUT2D eigenvalue weighted by Gasteiger charge is -2.09. The molecule has 132 valence electrons. The normalized spacial score (nSPS) is 10.2. The summed E-state index contributed by atoms with van der Waals surface area (Å²) in [4.78, 5) is 20.5. The Hall–Kier alpha value is -3.41. The number of rotatable bonds is 6. The maximum Gasteiger partial charge on any atom is 0.315 e. The second-order valence-electron chi connectivity index (χ2n) is 5.64. The van der Waals surface area contributed by atoms with Crippen LogP contribution in [0.3, 0.4) is 0 Å². The zero-order chi connectivity index (χ0) is 18.2. The highest BCUT2D eigenvalue weighted by atomic mass is 16.5. The van der Waals surface area contributed by atoms with Gasteiger partial charge < -0.3 is 15.4 Å². The first-order valence-electron chi connectivity index (χ1n) is 8.25. The molecule has 3 rings (SSSR count). The number of carbonyl (C=O) groups excluding carboxylic acids is 1. The molecule has 0 fully saturated rings. The molecule has 2 N–H and O–H groups in total. The fraction of sp³-hybridized carbons (Fsp3) is 0.150. The first-order valence-corrected chi connectivity index (χ1v) is 8.25. The summed E-state index contributed by atoms with van der Waals surface area (Å²) in [7, 11) is 1.62. The van der Waals surface area contributed by atoms with Crippen molar-refractivity contribution in [3.8, 4) is 17.0 Å². The van der Waals surface area contributed by atoms with Crippen molar-refractivity contribution < 1.29 is 9.53 Å². The Kier molecular flexibility index (Phi) is 5.77. The van der Waals surface area contributed by atoms with Gasteiger partial charge in [-0.15, -0.1) is 0 Å². The summed E-state index contributed by atoms with van der Waals surface area (Å²) < 4.78 is 5.11. The van der Waals surface area contributed by atoms with Crippen LogP contribution in [0.5, 0.6) is 5.75 Å². The third-order valence-electron chi connectivity index (χ3n) is 3.84. The molecular weight excluding hydrogens is 328 g/mol. The van der Waals surface area contributed by atoms with E-state index in [-0.39, 0.29) is 6.03 Å². The molecule has 0 aliphatic carbocycles. The van der Waals surface area contributed by atoms with E-state index in [0.29, 0.717) is 13.1 Å². The van der Waals surface area contributed by atoms with Gasteiger partial charge in [0.05, 0.1) is 25.0 Å². The largest absolute Gasteiger partial charge is 0.497 e. The molecule has 0 saturated heterocycles. The van der Waals surface area contributed by atoms with E-state index in [2.05, 4.69) is 20.6 Å². The zero-order valence-electron chi connectivity index (χ0n) is 14.5. The molecule has 2 aromatic carbocycles.